The zero-order chi connectivity index (χ0) is 21.8. The summed E-state index contributed by atoms with van der Waals surface area (Å²) in [6.07, 6.45) is 3.08. The van der Waals surface area contributed by atoms with Gasteiger partial charge in [0, 0.05) is 30.9 Å². The van der Waals surface area contributed by atoms with Crippen LogP contribution in [-0.2, 0) is 6.54 Å². The van der Waals surface area contributed by atoms with E-state index in [0.717, 1.165) is 37.0 Å². The summed E-state index contributed by atoms with van der Waals surface area (Å²) in [7, 11) is 0. The molecule has 1 aromatic heterocycles. The van der Waals surface area contributed by atoms with Gasteiger partial charge in [0.05, 0.1) is 11.7 Å². The number of halogens is 1. The Bertz CT molecular complexity index is 1200. The third kappa shape index (κ3) is 4.95. The molecule has 2 heterocycles. The standard InChI is InChI=1S/C23H23ClN4O3/c24-17-7-4-8-19(13-17)28-22(30)20(21(29)26-23(28)31)14-25-18-9-11-27(12-10-18)15-16-5-2-1-3-6-16/h1-8,13-14,18,30H,9-12,15H2,(H,26,29,31). The van der Waals surface area contributed by atoms with E-state index < -0.39 is 17.1 Å². The molecule has 1 saturated heterocycles. The number of likely N-dealkylation sites (tertiary alicyclic amines) is 1. The molecule has 1 aliphatic rings. The average molecular weight is 439 g/mol. The van der Waals surface area contributed by atoms with Crippen LogP contribution in [0.4, 0.5) is 0 Å². The van der Waals surface area contributed by atoms with Crippen molar-refractivity contribution in [2.75, 3.05) is 13.1 Å². The molecular weight excluding hydrogens is 416 g/mol. The van der Waals surface area contributed by atoms with Gasteiger partial charge in [0.25, 0.3) is 5.56 Å². The quantitative estimate of drug-likeness (QED) is 0.599. The van der Waals surface area contributed by atoms with Crippen LogP contribution < -0.4 is 11.2 Å². The van der Waals surface area contributed by atoms with E-state index in [4.69, 9.17) is 11.6 Å². The van der Waals surface area contributed by atoms with E-state index in [1.165, 1.54) is 17.8 Å². The highest BCUT2D eigenvalue weighted by atomic mass is 35.5. The van der Waals surface area contributed by atoms with Gasteiger partial charge in [-0.05, 0) is 36.6 Å². The van der Waals surface area contributed by atoms with Gasteiger partial charge in [-0.1, -0.05) is 48.0 Å². The Kier molecular flexibility index (Phi) is 6.34. The largest absolute Gasteiger partial charge is 0.493 e. The lowest BCUT2D eigenvalue weighted by molar-refractivity contribution is 0.206. The fraction of sp³-hybridized carbons (Fsp3) is 0.261. The molecule has 2 aromatic carbocycles. The maximum Gasteiger partial charge on any atom is 0.335 e. The molecular formula is C23H23ClN4O3. The van der Waals surface area contributed by atoms with Crippen LogP contribution in [0, 0.1) is 0 Å². The number of H-pyrrole nitrogens is 1. The molecule has 0 radical (unpaired) electrons. The second-order valence-corrected chi connectivity index (χ2v) is 8.02. The Morgan fingerprint density at radius 2 is 1.84 bits per heavy atom. The van der Waals surface area contributed by atoms with Crippen LogP contribution in [0.2, 0.25) is 5.02 Å². The molecule has 0 bridgehead atoms. The van der Waals surface area contributed by atoms with Crippen LogP contribution in [0.25, 0.3) is 5.69 Å². The van der Waals surface area contributed by atoms with Gasteiger partial charge in [0.2, 0.25) is 5.88 Å². The van der Waals surface area contributed by atoms with Gasteiger partial charge >= 0.3 is 5.69 Å². The molecule has 0 amide bonds. The third-order valence-corrected chi connectivity index (χ3v) is 5.64. The predicted octanol–water partition coefficient (Wildman–Crippen LogP) is 2.97. The topological polar surface area (TPSA) is 90.7 Å². The van der Waals surface area contributed by atoms with Gasteiger partial charge in [-0.2, -0.15) is 0 Å². The summed E-state index contributed by atoms with van der Waals surface area (Å²) in [5.74, 6) is -0.457. The number of aromatic nitrogens is 2. The monoisotopic (exact) mass is 438 g/mol. The molecule has 2 N–H and O–H groups in total. The first-order valence-electron chi connectivity index (χ1n) is 10.1. The van der Waals surface area contributed by atoms with Crippen molar-refractivity contribution in [3.05, 3.63) is 91.6 Å². The number of aromatic amines is 1. The molecule has 3 aromatic rings. The summed E-state index contributed by atoms with van der Waals surface area (Å²) in [6, 6.07) is 16.9. The molecule has 0 saturated carbocycles. The Labute approximate surface area is 184 Å². The Balaban J connectivity index is 1.49. The highest BCUT2D eigenvalue weighted by Gasteiger charge is 2.19. The van der Waals surface area contributed by atoms with E-state index in [1.807, 2.05) is 18.2 Å². The number of nitrogens with zero attached hydrogens (tertiary/aromatic N) is 3. The van der Waals surface area contributed by atoms with Crippen molar-refractivity contribution in [2.24, 2.45) is 4.99 Å². The third-order valence-electron chi connectivity index (χ3n) is 5.41. The maximum absolute atomic E-state index is 12.3. The lowest BCUT2D eigenvalue weighted by Crippen LogP contribution is -2.35. The molecule has 0 atom stereocenters. The van der Waals surface area contributed by atoms with Gasteiger partial charge < -0.3 is 5.11 Å². The van der Waals surface area contributed by atoms with E-state index in [-0.39, 0.29) is 11.6 Å². The van der Waals surface area contributed by atoms with Gasteiger partial charge in [-0.3, -0.25) is 19.7 Å². The summed E-state index contributed by atoms with van der Waals surface area (Å²) in [4.78, 5) is 33.7. The first-order chi connectivity index (χ1) is 15.0. The molecule has 7 nitrogen and oxygen atoms in total. The lowest BCUT2D eigenvalue weighted by Gasteiger charge is -2.30. The smallest absolute Gasteiger partial charge is 0.335 e. The first kappa shape index (κ1) is 21.1. The van der Waals surface area contributed by atoms with Crippen molar-refractivity contribution in [3.63, 3.8) is 0 Å². The zero-order valence-electron chi connectivity index (χ0n) is 16.9. The minimum atomic E-state index is -0.740. The van der Waals surface area contributed by atoms with E-state index in [1.54, 1.807) is 18.2 Å². The number of hydrogen-bond donors (Lipinski definition) is 2. The molecule has 31 heavy (non-hydrogen) atoms. The van der Waals surface area contributed by atoms with Crippen LogP contribution in [0.5, 0.6) is 5.88 Å². The number of rotatable bonds is 5. The number of benzene rings is 2. The van der Waals surface area contributed by atoms with Gasteiger partial charge in [-0.25, -0.2) is 9.36 Å². The first-order valence-corrected chi connectivity index (χ1v) is 10.5. The molecule has 160 valence electrons. The SMILES string of the molecule is O=c1[nH]c(=O)n(-c2cccc(Cl)c2)c(O)c1C=NC1CCN(Cc2ccccc2)CC1. The Morgan fingerprint density at radius 1 is 1.10 bits per heavy atom. The maximum atomic E-state index is 12.3. The van der Waals surface area contributed by atoms with Gasteiger partial charge in [0.1, 0.15) is 5.56 Å². The molecule has 4 rings (SSSR count). The van der Waals surface area contributed by atoms with E-state index >= 15 is 0 Å². The van der Waals surface area contributed by atoms with Crippen LogP contribution in [0.1, 0.15) is 24.0 Å². The second-order valence-electron chi connectivity index (χ2n) is 7.58. The summed E-state index contributed by atoms with van der Waals surface area (Å²) in [6.45, 7) is 2.71. The Hall–Kier alpha value is -3.16. The van der Waals surface area contributed by atoms with Crippen LogP contribution >= 0.6 is 11.6 Å². The molecule has 1 fully saturated rings. The number of piperidine rings is 1. The van der Waals surface area contributed by atoms with Crippen LogP contribution in [0.3, 0.4) is 0 Å². The Morgan fingerprint density at radius 3 is 2.55 bits per heavy atom. The number of nitrogens with one attached hydrogen (secondary N) is 1. The van der Waals surface area contributed by atoms with Gasteiger partial charge in [-0.15, -0.1) is 0 Å². The van der Waals surface area contributed by atoms with Crippen LogP contribution in [0.15, 0.2) is 69.2 Å². The predicted molar refractivity (Wildman–Crippen MR) is 122 cm³/mol. The summed E-state index contributed by atoms with van der Waals surface area (Å²) in [5.41, 5.74) is 0.174. The fourth-order valence-corrected chi connectivity index (χ4v) is 3.94. The van der Waals surface area contributed by atoms with Crippen molar-refractivity contribution in [2.45, 2.75) is 25.4 Å². The van der Waals surface area contributed by atoms with Gasteiger partial charge in [0.15, 0.2) is 0 Å². The average Bonchev–Trinajstić information content (AvgIpc) is 2.75. The van der Waals surface area contributed by atoms with E-state index in [0.29, 0.717) is 10.7 Å². The van der Waals surface area contributed by atoms with Crippen molar-refractivity contribution < 1.29 is 5.11 Å². The van der Waals surface area contributed by atoms with E-state index in [2.05, 4.69) is 27.0 Å². The minimum Gasteiger partial charge on any atom is -0.493 e. The number of aromatic hydroxyl groups is 1. The lowest BCUT2D eigenvalue weighted by atomic mass is 10.0. The minimum absolute atomic E-state index is 0.0497. The zero-order valence-corrected chi connectivity index (χ0v) is 17.6. The van der Waals surface area contributed by atoms with Crippen molar-refractivity contribution in [1.82, 2.24) is 14.5 Å². The van der Waals surface area contributed by atoms with Crippen molar-refractivity contribution >= 4 is 17.8 Å². The normalized spacial score (nSPS) is 15.5. The second kappa shape index (κ2) is 9.32. The number of hydrogen-bond acceptors (Lipinski definition) is 5. The molecule has 0 aliphatic carbocycles. The van der Waals surface area contributed by atoms with Crippen molar-refractivity contribution in [3.8, 4) is 11.6 Å². The number of aliphatic imine (C=N–C) groups is 1. The van der Waals surface area contributed by atoms with Crippen LogP contribution in [-0.4, -0.2) is 44.9 Å². The summed E-state index contributed by atoms with van der Waals surface area (Å²) < 4.78 is 1.01. The summed E-state index contributed by atoms with van der Waals surface area (Å²) >= 11 is 6.00. The summed E-state index contributed by atoms with van der Waals surface area (Å²) in [5, 5.41) is 11.0. The molecule has 1 aliphatic heterocycles. The fourth-order valence-electron chi connectivity index (χ4n) is 3.76. The van der Waals surface area contributed by atoms with Crippen molar-refractivity contribution in [1.29, 1.82) is 0 Å². The highest BCUT2D eigenvalue weighted by molar-refractivity contribution is 6.30. The molecule has 0 spiro atoms. The highest BCUT2D eigenvalue weighted by Crippen LogP contribution is 2.20. The molecule has 0 unspecified atom stereocenters. The molecule has 8 heteroatoms. The van der Waals surface area contributed by atoms with E-state index in [9.17, 15) is 14.7 Å².